The van der Waals surface area contributed by atoms with E-state index in [1.807, 2.05) is 6.92 Å². The Hall–Kier alpha value is -4.41. The van der Waals surface area contributed by atoms with Gasteiger partial charge in [0.15, 0.2) is 0 Å². The van der Waals surface area contributed by atoms with E-state index < -0.39 is 41.7 Å². The largest absolute Gasteiger partial charge is 0.508 e. The topological polar surface area (TPSA) is 100 Å². The zero-order valence-electron chi connectivity index (χ0n) is 21.6. The summed E-state index contributed by atoms with van der Waals surface area (Å²) in [6, 6.07) is 15.4. The second-order valence-corrected chi connectivity index (χ2v) is 9.77. The number of halogens is 3. The molecule has 1 heterocycles. The number of benzene rings is 3. The Labute approximate surface area is 223 Å². The fraction of sp³-hybridized carbons (Fsp3) is 0.286. The molecule has 4 aromatic rings. The van der Waals surface area contributed by atoms with Crippen molar-refractivity contribution in [3.05, 3.63) is 83.9 Å². The molecule has 2 amide bonds. The van der Waals surface area contributed by atoms with Gasteiger partial charge in [0.2, 0.25) is 11.8 Å². The number of hydrogen-bond acceptors (Lipinski definition) is 5. The number of aromatic hydroxyl groups is 1. The van der Waals surface area contributed by atoms with Crippen molar-refractivity contribution in [1.82, 2.24) is 20.3 Å². The van der Waals surface area contributed by atoms with Gasteiger partial charge in [0.1, 0.15) is 23.9 Å². The van der Waals surface area contributed by atoms with Crippen LogP contribution < -0.4 is 10.2 Å². The van der Waals surface area contributed by atoms with E-state index in [0.717, 1.165) is 17.0 Å². The van der Waals surface area contributed by atoms with Gasteiger partial charge in [0, 0.05) is 11.2 Å². The molecule has 0 aliphatic heterocycles. The monoisotopic (exact) mass is 539 g/mol. The maximum absolute atomic E-state index is 14.0. The molecule has 11 heteroatoms. The summed E-state index contributed by atoms with van der Waals surface area (Å²) in [4.78, 5) is 28.8. The number of amides is 2. The van der Waals surface area contributed by atoms with Crippen LogP contribution in [0.3, 0.4) is 0 Å². The number of hydrogen-bond donors (Lipinski definition) is 2. The molecule has 0 aliphatic rings. The van der Waals surface area contributed by atoms with Crippen LogP contribution in [-0.4, -0.2) is 37.5 Å². The lowest BCUT2D eigenvalue weighted by atomic mass is 9.98. The van der Waals surface area contributed by atoms with Crippen LogP contribution >= 0.6 is 0 Å². The van der Waals surface area contributed by atoms with E-state index in [4.69, 9.17) is 0 Å². The number of phenols is 1. The first kappa shape index (κ1) is 27.6. The Morgan fingerprint density at radius 3 is 2.38 bits per heavy atom. The number of carbonyl (C=O) groups excluding carboxylic acids is 2. The Balaban J connectivity index is 1.87. The van der Waals surface area contributed by atoms with Crippen molar-refractivity contribution in [2.24, 2.45) is 0 Å². The zero-order valence-corrected chi connectivity index (χ0v) is 21.6. The average Bonchev–Trinajstić information content (AvgIpc) is 3.29. The molecule has 39 heavy (non-hydrogen) atoms. The van der Waals surface area contributed by atoms with Gasteiger partial charge >= 0.3 is 6.18 Å². The predicted molar refractivity (Wildman–Crippen MR) is 140 cm³/mol. The fourth-order valence-electron chi connectivity index (χ4n) is 4.07. The SMILES string of the molecule is CCC(C)(C)NC(=O)C(c1ccc(O)cc1)N(C(=O)Cn1nnc2ccccc21)c1cccc(C(F)(F)F)c1. The summed E-state index contributed by atoms with van der Waals surface area (Å²) in [7, 11) is 0. The molecule has 8 nitrogen and oxygen atoms in total. The quantitative estimate of drug-likeness (QED) is 0.319. The number of nitrogens with one attached hydrogen (secondary N) is 1. The van der Waals surface area contributed by atoms with E-state index in [0.29, 0.717) is 23.0 Å². The lowest BCUT2D eigenvalue weighted by Gasteiger charge is -2.35. The first-order valence-electron chi connectivity index (χ1n) is 12.3. The molecule has 0 spiro atoms. The highest BCUT2D eigenvalue weighted by molar-refractivity contribution is 6.01. The van der Waals surface area contributed by atoms with Gasteiger partial charge in [-0.2, -0.15) is 13.2 Å². The molecule has 1 unspecified atom stereocenters. The number of carbonyl (C=O) groups is 2. The first-order valence-corrected chi connectivity index (χ1v) is 12.3. The lowest BCUT2D eigenvalue weighted by molar-refractivity contribution is -0.137. The fourth-order valence-corrected chi connectivity index (χ4v) is 4.07. The van der Waals surface area contributed by atoms with Crippen molar-refractivity contribution in [3.63, 3.8) is 0 Å². The van der Waals surface area contributed by atoms with Crippen LogP contribution in [0, 0.1) is 0 Å². The molecule has 0 saturated heterocycles. The summed E-state index contributed by atoms with van der Waals surface area (Å²) in [6.45, 7) is 5.09. The van der Waals surface area contributed by atoms with E-state index in [1.165, 1.54) is 41.1 Å². The molecule has 3 aromatic carbocycles. The van der Waals surface area contributed by atoms with Gasteiger partial charge < -0.3 is 10.4 Å². The highest BCUT2D eigenvalue weighted by Crippen LogP contribution is 2.35. The number of nitrogens with zero attached hydrogens (tertiary/aromatic N) is 4. The van der Waals surface area contributed by atoms with Crippen molar-refractivity contribution in [2.75, 3.05) is 4.90 Å². The summed E-state index contributed by atoms with van der Waals surface area (Å²) in [5.41, 5.74) is -0.381. The predicted octanol–water partition coefficient (Wildman–Crippen LogP) is 5.24. The maximum atomic E-state index is 14.0. The standard InChI is InChI=1S/C28H28F3N5O3/c1-4-27(2,3)32-26(39)25(18-12-14-21(37)15-13-18)36(20-9-7-8-19(16-20)28(29,30)31)24(38)17-35-23-11-6-5-10-22(23)33-34-35/h5-16,25,37H,4,17H2,1-3H3,(H,32,39). The molecular weight excluding hydrogens is 511 g/mol. The van der Waals surface area contributed by atoms with Crippen molar-refractivity contribution >= 4 is 28.5 Å². The lowest BCUT2D eigenvalue weighted by Crippen LogP contribution is -2.51. The maximum Gasteiger partial charge on any atom is 0.416 e. The number of alkyl halides is 3. The second-order valence-electron chi connectivity index (χ2n) is 9.77. The molecule has 0 bridgehead atoms. The summed E-state index contributed by atoms with van der Waals surface area (Å²) in [5, 5.41) is 20.8. The molecule has 0 radical (unpaired) electrons. The first-order chi connectivity index (χ1) is 18.4. The normalized spacial score (nSPS) is 12.8. The van der Waals surface area contributed by atoms with Crippen molar-refractivity contribution in [3.8, 4) is 5.75 Å². The van der Waals surface area contributed by atoms with Gasteiger partial charge in [-0.1, -0.05) is 42.5 Å². The van der Waals surface area contributed by atoms with E-state index in [1.54, 1.807) is 38.1 Å². The molecule has 1 atom stereocenters. The van der Waals surface area contributed by atoms with Crippen molar-refractivity contribution in [2.45, 2.75) is 51.5 Å². The van der Waals surface area contributed by atoms with Crippen LogP contribution in [0.25, 0.3) is 11.0 Å². The average molecular weight is 540 g/mol. The third kappa shape index (κ3) is 6.19. The third-order valence-corrected chi connectivity index (χ3v) is 6.49. The molecule has 204 valence electrons. The summed E-state index contributed by atoms with van der Waals surface area (Å²) >= 11 is 0. The molecule has 1 aromatic heterocycles. The van der Waals surface area contributed by atoms with Crippen LogP contribution in [0.2, 0.25) is 0 Å². The van der Waals surface area contributed by atoms with E-state index in [2.05, 4.69) is 15.6 Å². The van der Waals surface area contributed by atoms with Crippen molar-refractivity contribution in [1.29, 1.82) is 0 Å². The number of para-hydroxylation sites is 1. The van der Waals surface area contributed by atoms with E-state index in [9.17, 15) is 27.9 Å². The highest BCUT2D eigenvalue weighted by Gasteiger charge is 2.37. The van der Waals surface area contributed by atoms with Gasteiger partial charge in [-0.3, -0.25) is 14.5 Å². The van der Waals surface area contributed by atoms with E-state index >= 15 is 0 Å². The number of anilines is 1. The molecule has 0 fully saturated rings. The molecule has 0 aliphatic carbocycles. The number of fused-ring (bicyclic) bond motifs is 1. The number of aromatic nitrogens is 3. The molecule has 2 N–H and O–H groups in total. The van der Waals surface area contributed by atoms with E-state index in [-0.39, 0.29) is 11.4 Å². The van der Waals surface area contributed by atoms with Gasteiger partial charge in [-0.25, -0.2) is 4.68 Å². The summed E-state index contributed by atoms with van der Waals surface area (Å²) < 4.78 is 42.4. The van der Waals surface area contributed by atoms with Gasteiger partial charge in [-0.15, -0.1) is 5.10 Å². The smallest absolute Gasteiger partial charge is 0.416 e. The van der Waals surface area contributed by atoms with Crippen LogP contribution in [0.4, 0.5) is 18.9 Å². The minimum atomic E-state index is -4.67. The molecule has 4 rings (SSSR count). The Morgan fingerprint density at radius 1 is 1.03 bits per heavy atom. The van der Waals surface area contributed by atoms with Crippen LogP contribution in [0.1, 0.15) is 44.4 Å². The highest BCUT2D eigenvalue weighted by atomic mass is 19.4. The van der Waals surface area contributed by atoms with Crippen LogP contribution in [-0.2, 0) is 22.3 Å². The Bertz CT molecular complexity index is 1480. The number of phenolic OH excluding ortho intramolecular Hbond substituents is 1. The summed E-state index contributed by atoms with van der Waals surface area (Å²) in [6.07, 6.45) is -4.11. The zero-order chi connectivity index (χ0) is 28.4. The Kier molecular flexibility index (Phi) is 7.62. The van der Waals surface area contributed by atoms with Gasteiger partial charge in [0.25, 0.3) is 0 Å². The molecular formula is C28H28F3N5O3. The van der Waals surface area contributed by atoms with Crippen LogP contribution in [0.5, 0.6) is 5.75 Å². The number of rotatable bonds is 8. The summed E-state index contributed by atoms with van der Waals surface area (Å²) in [5.74, 6) is -1.35. The minimum absolute atomic E-state index is 0.0715. The second kappa shape index (κ2) is 10.8. The van der Waals surface area contributed by atoms with Gasteiger partial charge in [-0.05, 0) is 68.3 Å². The molecule has 0 saturated carbocycles. The Morgan fingerprint density at radius 2 is 1.72 bits per heavy atom. The van der Waals surface area contributed by atoms with Crippen molar-refractivity contribution < 1.29 is 27.9 Å². The third-order valence-electron chi connectivity index (χ3n) is 6.49. The van der Waals surface area contributed by atoms with Crippen LogP contribution in [0.15, 0.2) is 72.8 Å². The van der Waals surface area contributed by atoms with Gasteiger partial charge in [0.05, 0.1) is 11.1 Å². The minimum Gasteiger partial charge on any atom is -0.508 e.